The SMILES string of the molecule is Cc1cccc(C(C)C)c1NC(=O)CSc1nc(-c2ccccc2)cc(=O)[nH]1. The van der Waals surface area contributed by atoms with Crippen LogP contribution in [0, 0.1) is 6.92 Å². The van der Waals surface area contributed by atoms with E-state index < -0.39 is 0 Å². The summed E-state index contributed by atoms with van der Waals surface area (Å²) in [6.07, 6.45) is 0. The largest absolute Gasteiger partial charge is 0.325 e. The summed E-state index contributed by atoms with van der Waals surface area (Å²) in [5.41, 5.74) is 4.22. The van der Waals surface area contributed by atoms with Gasteiger partial charge in [-0.15, -0.1) is 0 Å². The Morgan fingerprint density at radius 3 is 2.61 bits per heavy atom. The van der Waals surface area contributed by atoms with Crippen molar-refractivity contribution in [3.63, 3.8) is 0 Å². The van der Waals surface area contributed by atoms with Gasteiger partial charge >= 0.3 is 0 Å². The molecule has 0 fully saturated rings. The van der Waals surface area contributed by atoms with Crippen LogP contribution in [0.2, 0.25) is 0 Å². The number of aromatic nitrogens is 2. The topological polar surface area (TPSA) is 74.8 Å². The van der Waals surface area contributed by atoms with Crippen LogP contribution in [0.15, 0.2) is 64.5 Å². The number of hydrogen-bond acceptors (Lipinski definition) is 4. The first-order valence-corrected chi connectivity index (χ1v) is 10.1. The lowest BCUT2D eigenvalue weighted by Gasteiger charge is -2.16. The Morgan fingerprint density at radius 2 is 1.89 bits per heavy atom. The van der Waals surface area contributed by atoms with Crippen molar-refractivity contribution < 1.29 is 4.79 Å². The first-order valence-electron chi connectivity index (χ1n) is 9.13. The summed E-state index contributed by atoms with van der Waals surface area (Å²) in [4.78, 5) is 31.6. The summed E-state index contributed by atoms with van der Waals surface area (Å²) in [5, 5.41) is 3.44. The van der Waals surface area contributed by atoms with Gasteiger partial charge < -0.3 is 10.3 Å². The summed E-state index contributed by atoms with van der Waals surface area (Å²) >= 11 is 1.21. The lowest BCUT2D eigenvalue weighted by Crippen LogP contribution is -2.17. The Hall–Kier alpha value is -2.86. The summed E-state index contributed by atoms with van der Waals surface area (Å²) in [6.45, 7) is 6.18. The van der Waals surface area contributed by atoms with E-state index in [2.05, 4.69) is 29.1 Å². The van der Waals surface area contributed by atoms with Crippen LogP contribution in [0.3, 0.4) is 0 Å². The van der Waals surface area contributed by atoms with E-state index in [0.717, 1.165) is 22.4 Å². The van der Waals surface area contributed by atoms with Crippen LogP contribution in [0.5, 0.6) is 0 Å². The third-order valence-electron chi connectivity index (χ3n) is 4.32. The van der Waals surface area contributed by atoms with Gasteiger partial charge in [-0.05, 0) is 24.0 Å². The van der Waals surface area contributed by atoms with Gasteiger partial charge in [-0.25, -0.2) is 4.98 Å². The van der Waals surface area contributed by atoms with E-state index in [1.165, 1.54) is 17.8 Å². The molecule has 0 unspecified atom stereocenters. The van der Waals surface area contributed by atoms with Crippen molar-refractivity contribution in [3.05, 3.63) is 76.1 Å². The molecule has 144 valence electrons. The molecule has 1 amide bonds. The summed E-state index contributed by atoms with van der Waals surface area (Å²) in [5.74, 6) is 0.338. The number of carbonyl (C=O) groups is 1. The van der Waals surface area contributed by atoms with Crippen LogP contribution in [-0.4, -0.2) is 21.6 Å². The normalized spacial score (nSPS) is 10.9. The minimum absolute atomic E-state index is 0.131. The third kappa shape index (κ3) is 4.89. The molecule has 0 atom stereocenters. The number of aryl methyl sites for hydroxylation is 1. The average Bonchev–Trinajstić information content (AvgIpc) is 2.68. The number of benzene rings is 2. The number of amides is 1. The molecule has 0 aliphatic heterocycles. The van der Waals surface area contributed by atoms with E-state index in [4.69, 9.17) is 0 Å². The quantitative estimate of drug-likeness (QED) is 0.474. The molecule has 5 nitrogen and oxygen atoms in total. The van der Waals surface area contributed by atoms with E-state index in [1.54, 1.807) is 0 Å². The number of nitrogens with zero attached hydrogens (tertiary/aromatic N) is 1. The van der Waals surface area contributed by atoms with Gasteiger partial charge in [0.25, 0.3) is 5.56 Å². The van der Waals surface area contributed by atoms with Crippen molar-refractivity contribution in [1.29, 1.82) is 0 Å². The molecule has 2 aromatic carbocycles. The number of thioether (sulfide) groups is 1. The van der Waals surface area contributed by atoms with Crippen molar-refractivity contribution in [2.24, 2.45) is 0 Å². The number of H-pyrrole nitrogens is 1. The minimum Gasteiger partial charge on any atom is -0.325 e. The fourth-order valence-corrected chi connectivity index (χ4v) is 3.59. The van der Waals surface area contributed by atoms with Crippen molar-refractivity contribution in [2.75, 3.05) is 11.1 Å². The number of rotatable bonds is 6. The lowest BCUT2D eigenvalue weighted by molar-refractivity contribution is -0.113. The number of anilines is 1. The Labute approximate surface area is 168 Å². The molecule has 28 heavy (non-hydrogen) atoms. The van der Waals surface area contributed by atoms with Crippen LogP contribution in [0.4, 0.5) is 5.69 Å². The highest BCUT2D eigenvalue weighted by Crippen LogP contribution is 2.27. The molecular formula is C22H23N3O2S. The highest BCUT2D eigenvalue weighted by Gasteiger charge is 2.13. The summed E-state index contributed by atoms with van der Waals surface area (Å²) in [7, 11) is 0. The van der Waals surface area contributed by atoms with E-state index >= 15 is 0 Å². The van der Waals surface area contributed by atoms with Crippen molar-refractivity contribution in [3.8, 4) is 11.3 Å². The van der Waals surface area contributed by atoms with Gasteiger partial charge in [-0.3, -0.25) is 9.59 Å². The molecule has 0 aliphatic rings. The van der Waals surface area contributed by atoms with Crippen LogP contribution in [0.1, 0.15) is 30.9 Å². The average molecular weight is 394 g/mol. The second kappa shape index (κ2) is 8.89. The maximum atomic E-state index is 12.5. The van der Waals surface area contributed by atoms with Crippen molar-refractivity contribution in [2.45, 2.75) is 31.8 Å². The van der Waals surface area contributed by atoms with Gasteiger partial charge in [0.05, 0.1) is 11.4 Å². The molecule has 3 aromatic rings. The summed E-state index contributed by atoms with van der Waals surface area (Å²) in [6, 6.07) is 17.0. The maximum absolute atomic E-state index is 12.5. The van der Waals surface area contributed by atoms with Gasteiger partial charge in [-0.2, -0.15) is 0 Å². The molecule has 3 rings (SSSR count). The molecule has 0 spiro atoms. The molecule has 0 saturated carbocycles. The molecule has 6 heteroatoms. The second-order valence-electron chi connectivity index (χ2n) is 6.83. The second-order valence-corrected chi connectivity index (χ2v) is 7.80. The van der Waals surface area contributed by atoms with Crippen molar-refractivity contribution in [1.82, 2.24) is 9.97 Å². The van der Waals surface area contributed by atoms with Gasteiger partial charge in [0.1, 0.15) is 0 Å². The maximum Gasteiger partial charge on any atom is 0.252 e. The molecule has 1 aromatic heterocycles. The summed E-state index contributed by atoms with van der Waals surface area (Å²) < 4.78 is 0. The van der Waals surface area contributed by atoms with Crippen LogP contribution in [-0.2, 0) is 4.79 Å². The standard InChI is InChI=1S/C22H23N3O2S/c1-14(2)17-11-7-8-15(3)21(17)24-20(27)13-28-22-23-18(12-19(26)25-22)16-9-5-4-6-10-16/h4-12,14H,13H2,1-3H3,(H,24,27)(H,23,25,26). The monoisotopic (exact) mass is 393 g/mol. The van der Waals surface area contributed by atoms with Gasteiger partial charge in [0.2, 0.25) is 5.91 Å². The van der Waals surface area contributed by atoms with E-state index in [1.807, 2.05) is 55.5 Å². The number of hydrogen-bond donors (Lipinski definition) is 2. The first kappa shape index (κ1) is 19.9. The number of para-hydroxylation sites is 1. The third-order valence-corrected chi connectivity index (χ3v) is 5.19. The molecule has 0 saturated heterocycles. The van der Waals surface area contributed by atoms with E-state index in [0.29, 0.717) is 16.8 Å². The molecule has 0 radical (unpaired) electrons. The zero-order valence-corrected chi connectivity index (χ0v) is 17.0. The highest BCUT2D eigenvalue weighted by molar-refractivity contribution is 7.99. The first-order chi connectivity index (χ1) is 13.4. The number of aromatic amines is 1. The fourth-order valence-electron chi connectivity index (χ4n) is 2.91. The van der Waals surface area contributed by atoms with Crippen LogP contribution in [0.25, 0.3) is 11.3 Å². The zero-order chi connectivity index (χ0) is 20.1. The molecule has 0 aliphatic carbocycles. The van der Waals surface area contributed by atoms with Gasteiger partial charge in [0.15, 0.2) is 5.16 Å². The highest BCUT2D eigenvalue weighted by atomic mass is 32.2. The minimum atomic E-state index is -0.238. The molecule has 0 bridgehead atoms. The Bertz CT molecular complexity index is 1030. The number of nitrogens with one attached hydrogen (secondary N) is 2. The molecule has 2 N–H and O–H groups in total. The van der Waals surface area contributed by atoms with Crippen LogP contribution < -0.4 is 10.9 Å². The van der Waals surface area contributed by atoms with Gasteiger partial charge in [-0.1, -0.05) is 74.1 Å². The molecular weight excluding hydrogens is 370 g/mol. The fraction of sp³-hybridized carbons (Fsp3) is 0.227. The molecule has 1 heterocycles. The zero-order valence-electron chi connectivity index (χ0n) is 16.2. The predicted molar refractivity (Wildman–Crippen MR) is 115 cm³/mol. The Morgan fingerprint density at radius 1 is 1.14 bits per heavy atom. The lowest BCUT2D eigenvalue weighted by atomic mass is 9.98. The van der Waals surface area contributed by atoms with E-state index in [-0.39, 0.29) is 17.2 Å². The van der Waals surface area contributed by atoms with Gasteiger partial charge in [0, 0.05) is 17.3 Å². The smallest absolute Gasteiger partial charge is 0.252 e. The van der Waals surface area contributed by atoms with Crippen molar-refractivity contribution >= 4 is 23.4 Å². The Kier molecular flexibility index (Phi) is 6.31. The number of carbonyl (C=O) groups excluding carboxylic acids is 1. The van der Waals surface area contributed by atoms with E-state index in [9.17, 15) is 9.59 Å². The van der Waals surface area contributed by atoms with Crippen LogP contribution >= 0.6 is 11.8 Å². The predicted octanol–water partition coefficient (Wildman–Crippen LogP) is 4.60. The Balaban J connectivity index is 1.72.